The Morgan fingerprint density at radius 2 is 1.41 bits per heavy atom. The van der Waals surface area contributed by atoms with E-state index in [9.17, 15) is 9.90 Å². The average molecular weight is 484 g/mol. The Morgan fingerprint density at radius 1 is 0.912 bits per heavy atom. The minimum Gasteiger partial charge on any atom is -0.444 e. The van der Waals surface area contributed by atoms with Crippen LogP contribution < -0.4 is 10.4 Å². The van der Waals surface area contributed by atoms with E-state index in [1.165, 1.54) is 10.4 Å². The first-order chi connectivity index (χ1) is 16.0. The molecule has 2 aromatic rings. The highest BCUT2D eigenvalue weighted by Gasteiger charge is 2.51. The molecule has 2 aromatic carbocycles. The molecule has 6 heteroatoms. The van der Waals surface area contributed by atoms with Gasteiger partial charge in [-0.25, -0.2) is 4.79 Å². The summed E-state index contributed by atoms with van der Waals surface area (Å²) in [6.45, 7) is 12.7. The van der Waals surface area contributed by atoms with Crippen LogP contribution in [0, 0.1) is 0 Å². The number of carbonyl (C=O) groups excluding carboxylic acids is 1. The van der Waals surface area contributed by atoms with Gasteiger partial charge < -0.3 is 14.3 Å². The molecule has 0 aliphatic carbocycles. The third-order valence-corrected chi connectivity index (χ3v) is 11.6. The molecule has 1 amide bonds. The van der Waals surface area contributed by atoms with Crippen LogP contribution in [0.5, 0.6) is 0 Å². The topological polar surface area (TPSA) is 59.0 Å². The molecule has 3 rings (SSSR count). The van der Waals surface area contributed by atoms with E-state index >= 15 is 0 Å². The summed E-state index contributed by atoms with van der Waals surface area (Å²) in [7, 11) is -2.72. The molecule has 1 aliphatic rings. The van der Waals surface area contributed by atoms with Crippen molar-refractivity contribution in [3.05, 3.63) is 60.7 Å². The van der Waals surface area contributed by atoms with E-state index in [0.29, 0.717) is 6.61 Å². The van der Waals surface area contributed by atoms with Crippen LogP contribution in [0.3, 0.4) is 0 Å². The van der Waals surface area contributed by atoms with Crippen LogP contribution in [0.1, 0.15) is 60.8 Å². The van der Waals surface area contributed by atoms with Crippen LogP contribution >= 0.6 is 0 Å². The second-order valence-corrected chi connectivity index (χ2v) is 15.6. The molecule has 1 saturated heterocycles. The minimum atomic E-state index is -2.72. The van der Waals surface area contributed by atoms with Gasteiger partial charge in [0.1, 0.15) is 5.60 Å². The minimum absolute atomic E-state index is 0.0744. The molecule has 5 nitrogen and oxygen atoms in total. The zero-order valence-electron chi connectivity index (χ0n) is 21.6. The van der Waals surface area contributed by atoms with Crippen LogP contribution in [0.4, 0.5) is 4.79 Å². The van der Waals surface area contributed by atoms with Gasteiger partial charge in [-0.3, -0.25) is 4.90 Å². The van der Waals surface area contributed by atoms with E-state index in [4.69, 9.17) is 9.16 Å². The molecule has 0 saturated carbocycles. The highest BCUT2D eigenvalue weighted by molar-refractivity contribution is 6.99. The Morgan fingerprint density at radius 3 is 1.85 bits per heavy atom. The van der Waals surface area contributed by atoms with E-state index in [2.05, 4.69) is 69.3 Å². The highest BCUT2D eigenvalue weighted by Crippen LogP contribution is 2.37. The van der Waals surface area contributed by atoms with Crippen LogP contribution in [0.15, 0.2) is 60.7 Å². The van der Waals surface area contributed by atoms with Crippen molar-refractivity contribution in [1.82, 2.24) is 4.90 Å². The molecule has 186 valence electrons. The number of rotatable bonds is 6. The van der Waals surface area contributed by atoms with Crippen molar-refractivity contribution in [1.29, 1.82) is 0 Å². The van der Waals surface area contributed by atoms with E-state index in [1.807, 2.05) is 32.9 Å². The van der Waals surface area contributed by atoms with Crippen LogP contribution in [0.2, 0.25) is 5.04 Å². The first kappa shape index (κ1) is 26.5. The average Bonchev–Trinajstić information content (AvgIpc) is 2.78. The van der Waals surface area contributed by atoms with Crippen molar-refractivity contribution in [2.24, 2.45) is 0 Å². The number of amides is 1. The fourth-order valence-corrected chi connectivity index (χ4v) is 9.70. The lowest BCUT2D eigenvalue weighted by atomic mass is 9.97. The van der Waals surface area contributed by atoms with Crippen molar-refractivity contribution in [3.8, 4) is 0 Å². The zero-order valence-corrected chi connectivity index (χ0v) is 22.6. The van der Waals surface area contributed by atoms with E-state index < -0.39 is 13.9 Å². The summed E-state index contributed by atoms with van der Waals surface area (Å²) < 4.78 is 12.9. The molecule has 2 atom stereocenters. The Hall–Kier alpha value is -2.15. The quantitative estimate of drug-likeness (QED) is 0.605. The molecule has 2 unspecified atom stereocenters. The van der Waals surface area contributed by atoms with Gasteiger partial charge in [-0.1, -0.05) is 81.4 Å². The fraction of sp³-hybridized carbons (Fsp3) is 0.536. The maximum Gasteiger partial charge on any atom is 0.410 e. The predicted molar refractivity (Wildman–Crippen MR) is 140 cm³/mol. The number of carbonyl (C=O) groups is 1. The van der Waals surface area contributed by atoms with Crippen molar-refractivity contribution >= 4 is 24.8 Å². The SMILES string of the molecule is CC(C)(C)OC(=O)N1C(CO)CCCC1CO[Si](c1ccccc1)(c1ccccc1)C(C)(C)C. The number of aliphatic hydroxyl groups is 1. The number of piperidine rings is 1. The third-order valence-electron chi connectivity index (χ3n) is 6.59. The summed E-state index contributed by atoms with van der Waals surface area (Å²) in [4.78, 5) is 14.9. The van der Waals surface area contributed by atoms with Gasteiger partial charge in [-0.05, 0) is 55.4 Å². The van der Waals surface area contributed by atoms with Crippen LogP contribution in [-0.4, -0.2) is 55.3 Å². The summed E-state index contributed by atoms with van der Waals surface area (Å²) in [5.74, 6) is 0. The summed E-state index contributed by atoms with van der Waals surface area (Å²) in [5, 5.41) is 12.3. The van der Waals surface area contributed by atoms with Crippen LogP contribution in [0.25, 0.3) is 0 Å². The Kier molecular flexibility index (Phi) is 8.27. The summed E-state index contributed by atoms with van der Waals surface area (Å²) in [5.41, 5.74) is -0.599. The number of aliphatic hydroxyl groups excluding tert-OH is 1. The van der Waals surface area contributed by atoms with Gasteiger partial charge in [0.15, 0.2) is 0 Å². The molecule has 1 aliphatic heterocycles. The highest BCUT2D eigenvalue weighted by atomic mass is 28.4. The smallest absolute Gasteiger partial charge is 0.410 e. The van der Waals surface area contributed by atoms with E-state index in [-0.39, 0.29) is 29.8 Å². The molecule has 0 bridgehead atoms. The standard InChI is InChI=1S/C28H41NO4Si/c1-27(2,3)33-26(31)29-22(20-30)14-13-15-23(29)21-32-34(28(4,5)6,24-16-9-7-10-17-24)25-18-11-8-12-19-25/h7-12,16-19,22-23,30H,13-15,20-21H2,1-6H3. The Balaban J connectivity index is 2.00. The van der Waals surface area contributed by atoms with Gasteiger partial charge in [0.2, 0.25) is 0 Å². The number of ether oxygens (including phenoxy) is 1. The first-order valence-corrected chi connectivity index (χ1v) is 14.3. The van der Waals surface area contributed by atoms with Gasteiger partial charge in [0.25, 0.3) is 8.32 Å². The fourth-order valence-electron chi connectivity index (χ4n) is 5.10. The summed E-state index contributed by atoms with van der Waals surface area (Å²) >= 11 is 0. The maximum absolute atomic E-state index is 13.2. The first-order valence-electron chi connectivity index (χ1n) is 12.4. The number of nitrogens with zero attached hydrogens (tertiary/aromatic N) is 1. The van der Waals surface area contributed by atoms with Gasteiger partial charge >= 0.3 is 6.09 Å². The Labute approximate surface area is 206 Å². The van der Waals surface area contributed by atoms with E-state index in [0.717, 1.165) is 19.3 Å². The lowest BCUT2D eigenvalue weighted by molar-refractivity contribution is -0.0233. The molecule has 34 heavy (non-hydrogen) atoms. The Bertz CT molecular complexity index is 881. The van der Waals surface area contributed by atoms with Crippen molar-refractivity contribution < 1.29 is 19.1 Å². The molecule has 0 aromatic heterocycles. The summed E-state index contributed by atoms with van der Waals surface area (Å²) in [6.07, 6.45) is 2.17. The largest absolute Gasteiger partial charge is 0.444 e. The predicted octanol–water partition coefficient (Wildman–Crippen LogP) is 4.71. The number of hydrogen-bond acceptors (Lipinski definition) is 4. The third kappa shape index (κ3) is 5.73. The lowest BCUT2D eigenvalue weighted by Crippen LogP contribution is -2.68. The molecular weight excluding hydrogens is 442 g/mol. The van der Waals surface area contributed by atoms with E-state index in [1.54, 1.807) is 4.90 Å². The maximum atomic E-state index is 13.2. The molecule has 0 radical (unpaired) electrons. The normalized spacial score (nSPS) is 19.7. The van der Waals surface area contributed by atoms with Crippen LogP contribution in [-0.2, 0) is 9.16 Å². The molecule has 1 heterocycles. The summed E-state index contributed by atoms with van der Waals surface area (Å²) in [6, 6.07) is 20.7. The number of hydrogen-bond donors (Lipinski definition) is 1. The van der Waals surface area contributed by atoms with Gasteiger partial charge in [-0.2, -0.15) is 0 Å². The second-order valence-electron chi connectivity index (χ2n) is 11.3. The zero-order chi connectivity index (χ0) is 25.0. The molecule has 1 N–H and O–H groups in total. The molecule has 1 fully saturated rings. The van der Waals surface area contributed by atoms with Crippen molar-refractivity contribution in [2.75, 3.05) is 13.2 Å². The van der Waals surface area contributed by atoms with Crippen molar-refractivity contribution in [2.45, 2.75) is 83.5 Å². The monoisotopic (exact) mass is 483 g/mol. The number of likely N-dealkylation sites (tertiary alicyclic amines) is 1. The van der Waals surface area contributed by atoms with Gasteiger partial charge in [-0.15, -0.1) is 0 Å². The van der Waals surface area contributed by atoms with Crippen molar-refractivity contribution in [3.63, 3.8) is 0 Å². The second kappa shape index (κ2) is 10.6. The number of benzene rings is 2. The van der Waals surface area contributed by atoms with Gasteiger partial charge in [0.05, 0.1) is 25.3 Å². The molecular formula is C28H41NO4Si. The van der Waals surface area contributed by atoms with Gasteiger partial charge in [0, 0.05) is 0 Å². The lowest BCUT2D eigenvalue weighted by Gasteiger charge is -2.46. The molecule has 0 spiro atoms.